The minimum Gasteiger partial charge on any atom is -0.396 e. The molecule has 0 aliphatic carbocycles. The van der Waals surface area contributed by atoms with E-state index in [1.54, 1.807) is 26.1 Å². The lowest BCUT2D eigenvalue weighted by Gasteiger charge is -2.19. The Hall–Kier alpha value is -1.02. The van der Waals surface area contributed by atoms with Crippen molar-refractivity contribution < 1.29 is 13.5 Å². The van der Waals surface area contributed by atoms with Gasteiger partial charge in [0.05, 0.1) is 4.90 Å². The van der Waals surface area contributed by atoms with Crippen molar-refractivity contribution in [3.63, 3.8) is 0 Å². The third-order valence-corrected chi connectivity index (χ3v) is 5.53. The second kappa shape index (κ2) is 7.84. The molecule has 5 nitrogen and oxygen atoms in total. The second-order valence-electron chi connectivity index (χ2n) is 4.96. The van der Waals surface area contributed by atoms with E-state index in [1.807, 2.05) is 0 Å². The van der Waals surface area contributed by atoms with Crippen molar-refractivity contribution in [2.45, 2.75) is 31.1 Å². The maximum absolute atomic E-state index is 12.6. The summed E-state index contributed by atoms with van der Waals surface area (Å²) < 4.78 is 26.5. The zero-order chi connectivity index (χ0) is 16.0. The van der Waals surface area contributed by atoms with E-state index in [-0.39, 0.29) is 16.5 Å². The summed E-state index contributed by atoms with van der Waals surface area (Å²) in [7, 11) is -2.00. The number of hydrogen-bond acceptors (Lipinski definition) is 4. The maximum atomic E-state index is 12.6. The maximum Gasteiger partial charge on any atom is 0.243 e. The van der Waals surface area contributed by atoms with E-state index in [1.165, 1.54) is 10.4 Å². The first kappa shape index (κ1) is 18.0. The van der Waals surface area contributed by atoms with Crippen molar-refractivity contribution in [3.05, 3.63) is 29.3 Å². The van der Waals surface area contributed by atoms with Crippen LogP contribution in [-0.2, 0) is 10.0 Å². The molecule has 0 aromatic heterocycles. The van der Waals surface area contributed by atoms with Crippen LogP contribution in [0.5, 0.6) is 0 Å². The van der Waals surface area contributed by atoms with Crippen molar-refractivity contribution in [3.8, 4) is 0 Å². The Balaban J connectivity index is 2.96. The molecule has 0 atom stereocenters. The van der Waals surface area contributed by atoms with Gasteiger partial charge in [0.1, 0.15) is 4.99 Å². The van der Waals surface area contributed by atoms with Gasteiger partial charge in [-0.25, -0.2) is 12.7 Å². The molecule has 0 unspecified atom stereocenters. The van der Waals surface area contributed by atoms with Crippen LogP contribution < -0.4 is 5.73 Å². The number of aryl methyl sites for hydroxylation is 1. The van der Waals surface area contributed by atoms with Crippen LogP contribution in [0.15, 0.2) is 23.1 Å². The molecule has 0 fully saturated rings. The summed E-state index contributed by atoms with van der Waals surface area (Å²) in [6, 6.07) is 4.95. The quantitative estimate of drug-likeness (QED) is 0.556. The highest BCUT2D eigenvalue weighted by Gasteiger charge is 2.23. The lowest BCUT2D eigenvalue weighted by molar-refractivity contribution is 0.281. The summed E-state index contributed by atoms with van der Waals surface area (Å²) in [6.45, 7) is 2.29. The number of unbranched alkanes of at least 4 members (excludes halogenated alkanes) is 2. The molecule has 0 saturated carbocycles. The van der Waals surface area contributed by atoms with E-state index >= 15 is 0 Å². The van der Waals surface area contributed by atoms with E-state index in [2.05, 4.69) is 0 Å². The molecule has 7 heteroatoms. The normalized spacial score (nSPS) is 11.8. The van der Waals surface area contributed by atoms with Gasteiger partial charge in [-0.3, -0.25) is 0 Å². The predicted molar refractivity (Wildman–Crippen MR) is 87.8 cm³/mol. The highest BCUT2D eigenvalue weighted by molar-refractivity contribution is 7.89. The molecule has 0 bridgehead atoms. The molecule has 0 spiro atoms. The fourth-order valence-electron chi connectivity index (χ4n) is 1.94. The van der Waals surface area contributed by atoms with Crippen molar-refractivity contribution >= 4 is 27.2 Å². The molecule has 0 aliphatic heterocycles. The molecule has 1 aromatic rings. The molecular formula is C14H22N2O3S2. The van der Waals surface area contributed by atoms with Crippen LogP contribution in [0, 0.1) is 6.92 Å². The standard InChI is InChI=1S/C14H22N2O3S2/c1-11-6-7-12(14(15)20)10-13(11)21(18,19)16(2)8-4-3-5-9-17/h6-7,10,17H,3-5,8-9H2,1-2H3,(H2,15,20). The van der Waals surface area contributed by atoms with E-state index in [9.17, 15) is 8.42 Å². The van der Waals surface area contributed by atoms with Gasteiger partial charge in [0, 0.05) is 25.8 Å². The summed E-state index contributed by atoms with van der Waals surface area (Å²) in [5.74, 6) is 0. The number of nitrogens with two attached hydrogens (primary N) is 1. The Bertz CT molecular complexity index is 600. The zero-order valence-corrected chi connectivity index (χ0v) is 14.0. The van der Waals surface area contributed by atoms with Gasteiger partial charge in [0.15, 0.2) is 0 Å². The van der Waals surface area contributed by atoms with Crippen molar-refractivity contribution in [2.75, 3.05) is 20.2 Å². The number of nitrogens with zero attached hydrogens (tertiary/aromatic N) is 1. The fourth-order valence-corrected chi connectivity index (χ4v) is 3.53. The van der Waals surface area contributed by atoms with Gasteiger partial charge < -0.3 is 10.8 Å². The Morgan fingerprint density at radius 3 is 2.57 bits per heavy atom. The Kier molecular flexibility index (Phi) is 6.73. The summed E-state index contributed by atoms with van der Waals surface area (Å²) in [5.41, 5.74) is 6.77. The molecule has 0 radical (unpaired) electrons. The predicted octanol–water partition coefficient (Wildman–Crippen LogP) is 1.41. The van der Waals surface area contributed by atoms with Crippen molar-refractivity contribution in [1.29, 1.82) is 0 Å². The molecule has 3 N–H and O–H groups in total. The number of aliphatic hydroxyl groups is 1. The summed E-state index contributed by atoms with van der Waals surface area (Å²) in [4.78, 5) is 0.412. The minimum absolute atomic E-state index is 0.131. The summed E-state index contributed by atoms with van der Waals surface area (Å²) >= 11 is 4.90. The van der Waals surface area contributed by atoms with Crippen LogP contribution in [0.4, 0.5) is 0 Å². The first-order chi connectivity index (χ1) is 9.80. The van der Waals surface area contributed by atoms with Crippen LogP contribution in [0.1, 0.15) is 30.4 Å². The van der Waals surface area contributed by atoms with Gasteiger partial charge in [-0.15, -0.1) is 0 Å². The Labute approximate surface area is 131 Å². The molecule has 0 heterocycles. The van der Waals surface area contributed by atoms with Crippen LogP contribution in [0.25, 0.3) is 0 Å². The molecule has 1 rings (SSSR count). The number of aliphatic hydroxyl groups excluding tert-OH is 1. The molecule has 118 valence electrons. The largest absolute Gasteiger partial charge is 0.396 e. The third kappa shape index (κ3) is 4.74. The van der Waals surface area contributed by atoms with Crippen LogP contribution >= 0.6 is 12.2 Å². The summed E-state index contributed by atoms with van der Waals surface area (Å²) in [5, 5.41) is 8.73. The van der Waals surface area contributed by atoms with E-state index in [0.29, 0.717) is 30.5 Å². The Morgan fingerprint density at radius 2 is 2.00 bits per heavy atom. The third-order valence-electron chi connectivity index (χ3n) is 3.29. The monoisotopic (exact) mass is 330 g/mol. The molecule has 0 aliphatic rings. The van der Waals surface area contributed by atoms with E-state index < -0.39 is 10.0 Å². The molecule has 0 amide bonds. The van der Waals surface area contributed by atoms with E-state index in [4.69, 9.17) is 23.1 Å². The summed E-state index contributed by atoms with van der Waals surface area (Å²) in [6.07, 6.45) is 2.19. The second-order valence-corrected chi connectivity index (χ2v) is 7.41. The molecule has 0 saturated heterocycles. The highest BCUT2D eigenvalue weighted by atomic mass is 32.2. The number of benzene rings is 1. The van der Waals surface area contributed by atoms with Gasteiger partial charge in [-0.1, -0.05) is 24.4 Å². The van der Waals surface area contributed by atoms with Gasteiger partial charge >= 0.3 is 0 Å². The van der Waals surface area contributed by atoms with E-state index in [0.717, 1.165) is 6.42 Å². The van der Waals surface area contributed by atoms with Crippen LogP contribution in [0.3, 0.4) is 0 Å². The number of hydrogen-bond donors (Lipinski definition) is 2. The smallest absolute Gasteiger partial charge is 0.243 e. The molecule has 21 heavy (non-hydrogen) atoms. The van der Waals surface area contributed by atoms with Gasteiger partial charge in [0.2, 0.25) is 10.0 Å². The average molecular weight is 330 g/mol. The van der Waals surface area contributed by atoms with Gasteiger partial charge in [0.25, 0.3) is 0 Å². The average Bonchev–Trinajstić information content (AvgIpc) is 2.43. The topological polar surface area (TPSA) is 83.6 Å². The van der Waals surface area contributed by atoms with Gasteiger partial charge in [-0.2, -0.15) is 0 Å². The SMILES string of the molecule is Cc1ccc(C(N)=S)cc1S(=O)(=O)N(C)CCCCCO. The minimum atomic E-state index is -3.56. The lowest BCUT2D eigenvalue weighted by atomic mass is 10.1. The number of thiocarbonyl (C=S) groups is 1. The number of rotatable bonds is 8. The first-order valence-electron chi connectivity index (χ1n) is 6.78. The first-order valence-corrected chi connectivity index (χ1v) is 8.63. The fraction of sp³-hybridized carbons (Fsp3) is 0.500. The Morgan fingerprint density at radius 1 is 1.33 bits per heavy atom. The lowest BCUT2D eigenvalue weighted by Crippen LogP contribution is -2.29. The highest BCUT2D eigenvalue weighted by Crippen LogP contribution is 2.21. The van der Waals surface area contributed by atoms with Crippen LogP contribution in [-0.4, -0.2) is 43.0 Å². The van der Waals surface area contributed by atoms with Gasteiger partial charge in [-0.05, 0) is 37.8 Å². The molecular weight excluding hydrogens is 308 g/mol. The number of sulfonamides is 1. The zero-order valence-electron chi connectivity index (χ0n) is 12.4. The van der Waals surface area contributed by atoms with Crippen LogP contribution in [0.2, 0.25) is 0 Å². The van der Waals surface area contributed by atoms with Crippen molar-refractivity contribution in [1.82, 2.24) is 4.31 Å². The molecule has 1 aromatic carbocycles. The van der Waals surface area contributed by atoms with Crippen molar-refractivity contribution in [2.24, 2.45) is 5.73 Å².